The number of hydrogen-bond donors (Lipinski definition) is 0. The summed E-state index contributed by atoms with van der Waals surface area (Å²) in [5.41, 5.74) is 1.18. The van der Waals surface area contributed by atoms with Gasteiger partial charge in [-0.05, 0) is 11.6 Å². The molecule has 0 aliphatic carbocycles. The van der Waals surface area contributed by atoms with Crippen molar-refractivity contribution in [2.24, 2.45) is 0 Å². The van der Waals surface area contributed by atoms with E-state index in [0.717, 1.165) is 0 Å². The van der Waals surface area contributed by atoms with Gasteiger partial charge in [0.05, 0.1) is 5.56 Å². The van der Waals surface area contributed by atoms with Gasteiger partial charge in [-0.1, -0.05) is 18.2 Å². The van der Waals surface area contributed by atoms with Crippen LogP contribution in [0.2, 0.25) is 0 Å². The molecule has 13 heavy (non-hydrogen) atoms. The minimum atomic E-state index is -1.86. The maximum atomic E-state index is 13.4. The van der Waals surface area contributed by atoms with Crippen LogP contribution in [0.15, 0.2) is 24.3 Å². The molecule has 1 atom stereocenters. The van der Waals surface area contributed by atoms with Crippen molar-refractivity contribution in [1.29, 1.82) is 0 Å². The van der Waals surface area contributed by atoms with Crippen LogP contribution in [0.5, 0.6) is 0 Å². The van der Waals surface area contributed by atoms with Gasteiger partial charge in [-0.25, -0.2) is 4.79 Å². The van der Waals surface area contributed by atoms with Crippen molar-refractivity contribution in [2.45, 2.75) is 19.2 Å². The first kappa shape index (κ1) is 8.23. The third kappa shape index (κ3) is 1.41. The Morgan fingerprint density at radius 1 is 1.46 bits per heavy atom. The van der Waals surface area contributed by atoms with Crippen molar-refractivity contribution in [3.05, 3.63) is 35.4 Å². The number of carbonyl (C=O) groups excluding carboxylic acids is 1. The molecule has 1 aromatic rings. The van der Waals surface area contributed by atoms with Crippen LogP contribution in [-0.2, 0) is 11.2 Å². The van der Waals surface area contributed by atoms with E-state index in [0.29, 0.717) is 11.1 Å². The summed E-state index contributed by atoms with van der Waals surface area (Å²) in [6, 6.07) is 6.91. The molecule has 0 fully saturated rings. The van der Waals surface area contributed by atoms with Crippen LogP contribution in [0.25, 0.3) is 0 Å². The van der Waals surface area contributed by atoms with E-state index in [4.69, 9.17) is 0 Å². The van der Waals surface area contributed by atoms with Gasteiger partial charge in [0.1, 0.15) is 0 Å². The molecular weight excluding hydrogens is 171 g/mol. The summed E-state index contributed by atoms with van der Waals surface area (Å²) in [4.78, 5) is 11.2. The number of rotatable bonds is 0. The van der Waals surface area contributed by atoms with Crippen LogP contribution < -0.4 is 0 Å². The molecule has 0 spiro atoms. The molecule has 0 radical (unpaired) electrons. The first-order chi connectivity index (χ1) is 6.08. The van der Waals surface area contributed by atoms with Crippen LogP contribution >= 0.6 is 0 Å². The van der Waals surface area contributed by atoms with Gasteiger partial charge in [0.25, 0.3) is 5.85 Å². The van der Waals surface area contributed by atoms with Crippen LogP contribution in [0.1, 0.15) is 22.8 Å². The van der Waals surface area contributed by atoms with Crippen molar-refractivity contribution in [1.82, 2.24) is 0 Å². The number of hydrogen-bond acceptors (Lipinski definition) is 2. The molecule has 2 rings (SSSR count). The largest absolute Gasteiger partial charge is 0.425 e. The summed E-state index contributed by atoms with van der Waals surface area (Å²) >= 11 is 0. The molecule has 1 heterocycles. The molecule has 3 heteroatoms. The Balaban J connectivity index is 2.49. The molecule has 0 saturated heterocycles. The van der Waals surface area contributed by atoms with Gasteiger partial charge in [0.2, 0.25) is 0 Å². The fourth-order valence-corrected chi connectivity index (χ4v) is 1.50. The number of benzene rings is 1. The average Bonchev–Trinajstić information content (AvgIpc) is 2.02. The summed E-state index contributed by atoms with van der Waals surface area (Å²) < 4.78 is 18.0. The summed E-state index contributed by atoms with van der Waals surface area (Å²) in [5, 5.41) is 0. The molecule has 0 aromatic heterocycles. The second-order valence-corrected chi connectivity index (χ2v) is 3.33. The minimum Gasteiger partial charge on any atom is -0.425 e. The fraction of sp³-hybridized carbons (Fsp3) is 0.300. The van der Waals surface area contributed by atoms with Crippen LogP contribution in [-0.4, -0.2) is 11.8 Å². The molecule has 0 saturated carbocycles. The third-order valence-corrected chi connectivity index (χ3v) is 2.05. The summed E-state index contributed by atoms with van der Waals surface area (Å²) in [6.45, 7) is 1.26. The lowest BCUT2D eigenvalue weighted by molar-refractivity contribution is -0.0946. The Bertz CT molecular complexity index is 358. The van der Waals surface area contributed by atoms with Gasteiger partial charge in [-0.2, -0.15) is 4.39 Å². The molecular formula is C10H9FO2. The average molecular weight is 180 g/mol. The van der Waals surface area contributed by atoms with Crippen LogP contribution in [0, 0.1) is 0 Å². The molecule has 1 aliphatic heterocycles. The van der Waals surface area contributed by atoms with E-state index >= 15 is 0 Å². The normalized spacial score (nSPS) is 26.5. The third-order valence-electron chi connectivity index (χ3n) is 2.05. The molecule has 1 aromatic carbocycles. The predicted octanol–water partition coefficient (Wildman–Crippen LogP) is 2.09. The molecule has 1 unspecified atom stereocenters. The number of alkyl halides is 1. The van der Waals surface area contributed by atoms with Gasteiger partial charge in [-0.3, -0.25) is 0 Å². The van der Waals surface area contributed by atoms with Crippen molar-refractivity contribution < 1.29 is 13.9 Å². The van der Waals surface area contributed by atoms with E-state index in [9.17, 15) is 9.18 Å². The lowest BCUT2D eigenvalue weighted by atomic mass is 9.98. The zero-order valence-electron chi connectivity index (χ0n) is 7.21. The molecule has 68 valence electrons. The lowest BCUT2D eigenvalue weighted by Crippen LogP contribution is -2.34. The standard InChI is InChI=1S/C10H9FO2/c1-10(11)6-7-4-2-3-5-8(7)9(12)13-10/h2-5H,6H2,1H3. The highest BCUT2D eigenvalue weighted by Crippen LogP contribution is 2.28. The second kappa shape index (κ2) is 2.55. The molecule has 0 amide bonds. The van der Waals surface area contributed by atoms with Crippen molar-refractivity contribution in [3.8, 4) is 0 Å². The van der Waals surface area contributed by atoms with Crippen molar-refractivity contribution in [3.63, 3.8) is 0 Å². The Labute approximate surface area is 75.3 Å². The van der Waals surface area contributed by atoms with E-state index in [-0.39, 0.29) is 6.42 Å². The summed E-state index contributed by atoms with van der Waals surface area (Å²) in [7, 11) is 0. The molecule has 2 nitrogen and oxygen atoms in total. The van der Waals surface area contributed by atoms with Gasteiger partial charge in [0, 0.05) is 13.3 Å². The summed E-state index contributed by atoms with van der Waals surface area (Å²) in [5.74, 6) is -2.43. The highest BCUT2D eigenvalue weighted by molar-refractivity contribution is 5.92. The second-order valence-electron chi connectivity index (χ2n) is 3.33. The lowest BCUT2D eigenvalue weighted by Gasteiger charge is -2.26. The predicted molar refractivity (Wildman–Crippen MR) is 45.1 cm³/mol. The SMILES string of the molecule is CC1(F)Cc2ccccc2C(=O)O1. The van der Waals surface area contributed by atoms with Gasteiger partial charge in [-0.15, -0.1) is 0 Å². The van der Waals surface area contributed by atoms with Crippen LogP contribution in [0.3, 0.4) is 0 Å². The van der Waals surface area contributed by atoms with Gasteiger partial charge in [0.15, 0.2) is 0 Å². The molecule has 1 aliphatic rings. The quantitative estimate of drug-likeness (QED) is 0.571. The Hall–Kier alpha value is -1.38. The Morgan fingerprint density at radius 3 is 2.92 bits per heavy atom. The van der Waals surface area contributed by atoms with Gasteiger partial charge < -0.3 is 4.74 Å². The first-order valence-corrected chi connectivity index (χ1v) is 4.09. The monoisotopic (exact) mass is 180 g/mol. The highest BCUT2D eigenvalue weighted by Gasteiger charge is 2.35. The van der Waals surface area contributed by atoms with E-state index in [1.807, 2.05) is 0 Å². The number of ether oxygens (including phenoxy) is 1. The summed E-state index contributed by atoms with van der Waals surface area (Å²) in [6.07, 6.45) is 0.134. The maximum absolute atomic E-state index is 13.4. The Kier molecular flexibility index (Phi) is 1.62. The highest BCUT2D eigenvalue weighted by atomic mass is 19.2. The smallest absolute Gasteiger partial charge is 0.341 e. The number of esters is 1. The zero-order valence-corrected chi connectivity index (χ0v) is 7.21. The topological polar surface area (TPSA) is 26.3 Å². The van der Waals surface area contributed by atoms with Crippen LogP contribution in [0.4, 0.5) is 4.39 Å². The van der Waals surface area contributed by atoms with E-state index in [1.54, 1.807) is 24.3 Å². The van der Waals surface area contributed by atoms with Crippen molar-refractivity contribution >= 4 is 5.97 Å². The van der Waals surface area contributed by atoms with E-state index in [1.165, 1.54) is 6.92 Å². The number of fused-ring (bicyclic) bond motifs is 1. The van der Waals surface area contributed by atoms with E-state index in [2.05, 4.69) is 4.74 Å². The number of cyclic esters (lactones) is 1. The zero-order chi connectivity index (χ0) is 9.47. The molecule has 0 N–H and O–H groups in total. The number of halogens is 1. The number of carbonyl (C=O) groups is 1. The Morgan fingerprint density at radius 2 is 2.15 bits per heavy atom. The minimum absolute atomic E-state index is 0.134. The first-order valence-electron chi connectivity index (χ1n) is 4.09. The van der Waals surface area contributed by atoms with E-state index < -0.39 is 11.8 Å². The van der Waals surface area contributed by atoms with Crippen molar-refractivity contribution in [2.75, 3.05) is 0 Å². The maximum Gasteiger partial charge on any atom is 0.341 e. The van der Waals surface area contributed by atoms with Gasteiger partial charge >= 0.3 is 5.97 Å². The fourth-order valence-electron chi connectivity index (χ4n) is 1.50. The molecule has 0 bridgehead atoms.